The molecule has 2 heteroatoms. The molecule has 0 unspecified atom stereocenters. The third-order valence-electron chi connectivity index (χ3n) is 0.306. The van der Waals surface area contributed by atoms with Crippen LogP contribution >= 0.6 is 0 Å². The Morgan fingerprint density at radius 2 is 2.40 bits per heavy atom. The van der Waals surface area contributed by atoms with Crippen LogP contribution in [-0.2, 0) is 2.69 Å². The van der Waals surface area contributed by atoms with E-state index in [1.807, 2.05) is 0 Å². The number of rotatable bonds is 2. The van der Waals surface area contributed by atoms with Gasteiger partial charge < -0.3 is 0 Å². The first-order chi connectivity index (χ1) is 2.41. The minimum atomic E-state index is 0.899. The van der Waals surface area contributed by atoms with Gasteiger partial charge in [-0.05, 0) is 0 Å². The van der Waals surface area contributed by atoms with E-state index >= 15 is 0 Å². The van der Waals surface area contributed by atoms with Gasteiger partial charge in [0, 0.05) is 0 Å². The zero-order valence-corrected chi connectivity index (χ0v) is 7.21. The van der Waals surface area contributed by atoms with Crippen molar-refractivity contribution in [3.05, 3.63) is 0 Å². The van der Waals surface area contributed by atoms with Gasteiger partial charge in [-0.1, -0.05) is 0 Å². The van der Waals surface area contributed by atoms with Gasteiger partial charge in [0.1, 0.15) is 0 Å². The van der Waals surface area contributed by atoms with Crippen LogP contribution in [0.1, 0.15) is 13.3 Å². The zero-order valence-electron chi connectivity index (χ0n) is 3.32. The van der Waals surface area contributed by atoms with E-state index < -0.39 is 0 Å². The van der Waals surface area contributed by atoms with Crippen LogP contribution in [0.3, 0.4) is 0 Å². The fraction of sp³-hybridized carbons (Fsp3) is 1.00. The summed E-state index contributed by atoms with van der Waals surface area (Å²) in [6.07, 6.45) is 1.16. The molecule has 0 aliphatic carbocycles. The van der Waals surface area contributed by atoms with Crippen LogP contribution in [-0.4, -0.2) is 32.8 Å². The minimum absolute atomic E-state index is 0.899. The molecule has 0 amide bonds. The number of hydrogen-bond acceptors (Lipinski definition) is 1. The fourth-order valence-corrected chi connectivity index (χ4v) is 0.896. The van der Waals surface area contributed by atoms with Crippen LogP contribution in [0.5, 0.6) is 0 Å². The van der Waals surface area contributed by atoms with Crippen molar-refractivity contribution in [2.24, 2.45) is 0 Å². The summed E-state index contributed by atoms with van der Waals surface area (Å²) in [6.45, 7) is 3.06. The Morgan fingerprint density at radius 3 is 2.40 bits per heavy atom. The summed E-state index contributed by atoms with van der Waals surface area (Å²) >= 11 is 0.899. The summed E-state index contributed by atoms with van der Waals surface area (Å²) in [4.78, 5) is 0. The van der Waals surface area contributed by atoms with Crippen molar-refractivity contribution in [3.63, 3.8) is 0 Å². The van der Waals surface area contributed by atoms with E-state index in [2.05, 4.69) is 6.92 Å². The molecule has 0 saturated carbocycles. The van der Waals surface area contributed by atoms with E-state index in [1.54, 1.807) is 0 Å². The van der Waals surface area contributed by atoms with Crippen molar-refractivity contribution >= 4 is 26.2 Å². The Morgan fingerprint density at radius 1 is 1.80 bits per heavy atom. The average molecular weight is 266 g/mol. The Bertz CT molecular complexity index is 14.4. The molecule has 0 aliphatic rings. The molecule has 0 aromatic rings. The molecular weight excluding hydrogens is 259 g/mol. The second-order valence-electron chi connectivity index (χ2n) is 0.848. The van der Waals surface area contributed by atoms with Crippen LogP contribution in [0.4, 0.5) is 0 Å². The number of hydrogen-bond donors (Lipinski definition) is 0. The molecule has 0 rings (SSSR count). The fourth-order valence-electron chi connectivity index (χ4n) is 0.102. The normalized spacial score (nSPS) is 8.40. The van der Waals surface area contributed by atoms with E-state index in [9.17, 15) is 0 Å². The van der Waals surface area contributed by atoms with Crippen LogP contribution in [0.2, 0.25) is 0 Å². The Balaban J connectivity index is 2.19. The topological polar surface area (TPSA) is 9.23 Å². The van der Waals surface area contributed by atoms with Crippen molar-refractivity contribution < 1.29 is 2.69 Å². The predicted molar refractivity (Wildman–Crippen MR) is 22.0 cm³/mol. The van der Waals surface area contributed by atoms with Crippen LogP contribution in [0, 0.1) is 0 Å². The van der Waals surface area contributed by atoms with Gasteiger partial charge in [0.15, 0.2) is 0 Å². The SMILES string of the molecule is CCC[O][Pb]. The van der Waals surface area contributed by atoms with Gasteiger partial charge in [0.05, 0.1) is 0 Å². The first-order valence-corrected chi connectivity index (χ1v) is 3.29. The molecule has 0 fully saturated rings. The van der Waals surface area contributed by atoms with E-state index in [0.717, 1.165) is 39.2 Å². The summed E-state index contributed by atoms with van der Waals surface area (Å²) in [5.74, 6) is 0. The molecule has 0 atom stereocenters. The van der Waals surface area contributed by atoms with Crippen LogP contribution in [0.25, 0.3) is 0 Å². The molecule has 3 radical (unpaired) electrons. The molecule has 1 nitrogen and oxygen atoms in total. The summed E-state index contributed by atoms with van der Waals surface area (Å²) in [5.41, 5.74) is 0. The first-order valence-electron chi connectivity index (χ1n) is 1.70. The van der Waals surface area contributed by atoms with Gasteiger partial charge in [-0.15, -0.1) is 0 Å². The third-order valence-corrected chi connectivity index (χ3v) is 1.10. The summed E-state index contributed by atoms with van der Waals surface area (Å²) in [5, 5.41) is 0. The van der Waals surface area contributed by atoms with E-state index in [0.29, 0.717) is 0 Å². The second kappa shape index (κ2) is 4.88. The monoisotopic (exact) mass is 267 g/mol. The molecule has 0 spiro atoms. The van der Waals surface area contributed by atoms with E-state index in [-0.39, 0.29) is 0 Å². The van der Waals surface area contributed by atoms with Gasteiger partial charge in [0.25, 0.3) is 0 Å². The van der Waals surface area contributed by atoms with Crippen molar-refractivity contribution in [3.8, 4) is 0 Å². The second-order valence-corrected chi connectivity index (χ2v) is 1.97. The molecule has 0 heterocycles. The van der Waals surface area contributed by atoms with E-state index in [4.69, 9.17) is 2.69 Å². The molecule has 5 heavy (non-hydrogen) atoms. The quantitative estimate of drug-likeness (QED) is 0.661. The van der Waals surface area contributed by atoms with Gasteiger partial charge in [0.2, 0.25) is 0 Å². The van der Waals surface area contributed by atoms with Crippen LogP contribution < -0.4 is 0 Å². The average Bonchev–Trinajstić information content (AvgIpc) is 1.41. The van der Waals surface area contributed by atoms with Crippen molar-refractivity contribution in [2.45, 2.75) is 13.3 Å². The van der Waals surface area contributed by atoms with Gasteiger partial charge in [-0.2, -0.15) is 0 Å². The third kappa shape index (κ3) is 4.88. The maximum atomic E-state index is 4.83. The first kappa shape index (κ1) is 5.88. The summed E-state index contributed by atoms with van der Waals surface area (Å²) in [6, 6.07) is 0. The molecule has 0 bridgehead atoms. The molecule has 0 saturated heterocycles. The van der Waals surface area contributed by atoms with Gasteiger partial charge >= 0.3 is 48.9 Å². The Hall–Kier alpha value is 0.882. The van der Waals surface area contributed by atoms with Crippen molar-refractivity contribution in [1.29, 1.82) is 0 Å². The molecule has 0 aliphatic heterocycles. The van der Waals surface area contributed by atoms with Gasteiger partial charge in [-0.25, -0.2) is 0 Å². The molecule has 0 N–H and O–H groups in total. The van der Waals surface area contributed by atoms with E-state index in [1.165, 1.54) is 0 Å². The Kier molecular flexibility index (Phi) is 5.74. The van der Waals surface area contributed by atoms with Gasteiger partial charge in [-0.3, -0.25) is 0 Å². The van der Waals surface area contributed by atoms with Crippen molar-refractivity contribution in [1.82, 2.24) is 0 Å². The summed E-state index contributed by atoms with van der Waals surface area (Å²) in [7, 11) is 0. The van der Waals surface area contributed by atoms with Crippen LogP contribution in [0.15, 0.2) is 0 Å². The standard InChI is InChI=1S/C3H7O.Pb/c1-2-3-4;/h2-3H2,1H3;/q-1;+1. The maximum absolute atomic E-state index is 4.83. The Labute approximate surface area is 49.0 Å². The molecular formula is C3H7OPb. The van der Waals surface area contributed by atoms with Crippen molar-refractivity contribution in [2.75, 3.05) is 6.61 Å². The molecule has 0 aromatic carbocycles. The summed E-state index contributed by atoms with van der Waals surface area (Å²) < 4.78 is 4.83. The predicted octanol–water partition coefficient (Wildman–Crippen LogP) is 0.496. The molecule has 0 aromatic heterocycles. The zero-order chi connectivity index (χ0) is 4.12. The molecule has 29 valence electrons.